The lowest BCUT2D eigenvalue weighted by Crippen LogP contribution is -2.42. The molecule has 3 aliphatic heterocycles. The Morgan fingerprint density at radius 3 is 2.62 bits per heavy atom. The molecule has 7 nitrogen and oxygen atoms in total. The third-order valence-electron chi connectivity index (χ3n) is 7.31. The number of benzene rings is 1. The van der Waals surface area contributed by atoms with E-state index >= 15 is 0 Å². The van der Waals surface area contributed by atoms with E-state index < -0.39 is 0 Å². The molecule has 1 amide bonds. The third-order valence-corrected chi connectivity index (χ3v) is 7.31. The molecule has 3 fully saturated rings. The van der Waals surface area contributed by atoms with E-state index in [4.69, 9.17) is 4.74 Å². The number of hydrogen-bond donors (Lipinski definition) is 1. The summed E-state index contributed by atoms with van der Waals surface area (Å²) in [6.45, 7) is 2.26. The van der Waals surface area contributed by atoms with Crippen molar-refractivity contribution in [2.24, 2.45) is 5.92 Å². The highest BCUT2D eigenvalue weighted by atomic mass is 16.5. The number of ketones is 1. The zero-order valence-electron chi connectivity index (χ0n) is 18.1. The molecule has 2 unspecified atom stereocenters. The van der Waals surface area contributed by atoms with Gasteiger partial charge in [-0.1, -0.05) is 6.07 Å². The first kappa shape index (κ1) is 19.7. The first-order valence-corrected chi connectivity index (χ1v) is 11.7. The fourth-order valence-electron chi connectivity index (χ4n) is 5.54. The van der Waals surface area contributed by atoms with Crippen LogP contribution in [-0.4, -0.2) is 42.0 Å². The van der Waals surface area contributed by atoms with Gasteiger partial charge in [-0.05, 0) is 49.9 Å². The van der Waals surface area contributed by atoms with Gasteiger partial charge in [0.05, 0.1) is 30.1 Å². The van der Waals surface area contributed by atoms with Gasteiger partial charge in [-0.2, -0.15) is 0 Å². The quantitative estimate of drug-likeness (QED) is 0.778. The van der Waals surface area contributed by atoms with Crippen molar-refractivity contribution in [3.8, 4) is 0 Å². The number of nitrogens with zero attached hydrogens (tertiary/aromatic N) is 3. The molecule has 1 aromatic heterocycles. The van der Waals surface area contributed by atoms with Crippen LogP contribution >= 0.6 is 0 Å². The van der Waals surface area contributed by atoms with Crippen LogP contribution < -0.4 is 15.1 Å². The molecule has 2 atom stereocenters. The third kappa shape index (κ3) is 3.54. The van der Waals surface area contributed by atoms with Gasteiger partial charge in [0.25, 0.3) is 0 Å². The second kappa shape index (κ2) is 7.89. The Kier molecular flexibility index (Phi) is 4.86. The van der Waals surface area contributed by atoms with Gasteiger partial charge in [-0.3, -0.25) is 9.59 Å². The summed E-state index contributed by atoms with van der Waals surface area (Å²) in [6, 6.07) is 10.3. The molecule has 0 spiro atoms. The zero-order chi connectivity index (χ0) is 21.7. The molecule has 1 aromatic carbocycles. The van der Waals surface area contributed by atoms with Crippen LogP contribution in [0.4, 0.5) is 22.9 Å². The fraction of sp³-hybridized carbons (Fsp3) is 0.480. The van der Waals surface area contributed by atoms with E-state index in [1.54, 1.807) is 6.20 Å². The number of fused-ring (bicyclic) bond motifs is 4. The van der Waals surface area contributed by atoms with Crippen LogP contribution in [0, 0.1) is 5.92 Å². The molecule has 1 aliphatic carbocycles. The Labute approximate surface area is 187 Å². The molecular weight excluding hydrogens is 404 g/mol. The SMILES string of the molecule is O=C1CCC(C(=O)N2Cc3cccnc3Nc3ccc(N4CC5CCC(C4)O5)cc32)CC1. The largest absolute Gasteiger partial charge is 0.371 e. The predicted molar refractivity (Wildman–Crippen MR) is 122 cm³/mol. The van der Waals surface area contributed by atoms with Gasteiger partial charge in [0.2, 0.25) is 5.91 Å². The highest BCUT2D eigenvalue weighted by Gasteiger charge is 2.35. The van der Waals surface area contributed by atoms with Gasteiger partial charge >= 0.3 is 0 Å². The average molecular weight is 433 g/mol. The number of amides is 1. The topological polar surface area (TPSA) is 74.8 Å². The summed E-state index contributed by atoms with van der Waals surface area (Å²) in [6.07, 6.45) is 6.92. The van der Waals surface area contributed by atoms with Crippen LogP contribution in [0.25, 0.3) is 0 Å². The second-order valence-electron chi connectivity index (χ2n) is 9.44. The number of rotatable bonds is 2. The minimum atomic E-state index is -0.110. The van der Waals surface area contributed by atoms with E-state index in [0.29, 0.717) is 44.4 Å². The van der Waals surface area contributed by atoms with Gasteiger partial charge in [0.15, 0.2) is 0 Å². The summed E-state index contributed by atoms with van der Waals surface area (Å²) in [7, 11) is 0. The number of morpholine rings is 1. The van der Waals surface area contributed by atoms with Crippen molar-refractivity contribution in [1.29, 1.82) is 0 Å². The highest BCUT2D eigenvalue weighted by molar-refractivity contribution is 6.01. The number of aromatic nitrogens is 1. The van der Waals surface area contributed by atoms with Crippen molar-refractivity contribution in [3.05, 3.63) is 42.1 Å². The lowest BCUT2D eigenvalue weighted by Gasteiger charge is -2.35. The maximum atomic E-state index is 13.7. The predicted octanol–water partition coefficient (Wildman–Crippen LogP) is 3.80. The van der Waals surface area contributed by atoms with Crippen molar-refractivity contribution < 1.29 is 14.3 Å². The Morgan fingerprint density at radius 1 is 1.06 bits per heavy atom. The number of carbonyl (C=O) groups is 2. The van der Waals surface area contributed by atoms with E-state index in [1.165, 1.54) is 0 Å². The van der Waals surface area contributed by atoms with Crippen molar-refractivity contribution in [2.75, 3.05) is 28.2 Å². The molecule has 4 aliphatic rings. The monoisotopic (exact) mass is 432 g/mol. The molecule has 1 N–H and O–H groups in total. The Hall–Kier alpha value is -2.93. The zero-order valence-corrected chi connectivity index (χ0v) is 18.1. The first-order valence-electron chi connectivity index (χ1n) is 11.7. The maximum absolute atomic E-state index is 13.7. The first-order chi connectivity index (χ1) is 15.6. The van der Waals surface area contributed by atoms with E-state index in [-0.39, 0.29) is 17.6 Å². The standard InChI is InChI=1S/C25H28N4O3/c30-19-6-3-16(4-7-19)25(31)29-13-17-2-1-11-26-24(17)27-22-10-5-18(12-23(22)29)28-14-20-8-9-21(15-28)32-20/h1-2,5,10-12,16,20-21H,3-4,6-9,13-15H2,(H,26,27). The molecule has 0 radical (unpaired) electrons. The van der Waals surface area contributed by atoms with E-state index in [2.05, 4.69) is 33.4 Å². The number of Topliss-reactive ketones (excluding diaryl/α,β-unsaturated/α-hetero) is 1. The van der Waals surface area contributed by atoms with Crippen molar-refractivity contribution in [3.63, 3.8) is 0 Å². The summed E-state index contributed by atoms with van der Waals surface area (Å²) in [5.74, 6) is 1.06. The highest BCUT2D eigenvalue weighted by Crippen LogP contribution is 2.40. The van der Waals surface area contributed by atoms with Crippen LogP contribution in [0.5, 0.6) is 0 Å². The summed E-state index contributed by atoms with van der Waals surface area (Å²) in [5, 5.41) is 3.46. The molecule has 2 bridgehead atoms. The molecule has 32 heavy (non-hydrogen) atoms. The van der Waals surface area contributed by atoms with Gasteiger partial charge in [0.1, 0.15) is 11.6 Å². The van der Waals surface area contributed by atoms with E-state index in [9.17, 15) is 9.59 Å². The number of ether oxygens (including phenoxy) is 1. The van der Waals surface area contributed by atoms with E-state index in [0.717, 1.165) is 54.4 Å². The molecule has 6 rings (SSSR count). The number of hydrogen-bond acceptors (Lipinski definition) is 6. The van der Waals surface area contributed by atoms with Crippen LogP contribution in [0.3, 0.4) is 0 Å². The van der Waals surface area contributed by atoms with Gasteiger partial charge < -0.3 is 19.9 Å². The minimum Gasteiger partial charge on any atom is -0.371 e. The van der Waals surface area contributed by atoms with Crippen LogP contribution in [0.2, 0.25) is 0 Å². The number of nitrogens with one attached hydrogen (secondary N) is 1. The van der Waals surface area contributed by atoms with Crippen LogP contribution in [0.1, 0.15) is 44.1 Å². The normalized spacial score (nSPS) is 25.1. The molecular formula is C25H28N4O3. The maximum Gasteiger partial charge on any atom is 0.230 e. The average Bonchev–Trinajstić information content (AvgIpc) is 3.06. The van der Waals surface area contributed by atoms with Gasteiger partial charge in [-0.25, -0.2) is 4.98 Å². The lowest BCUT2D eigenvalue weighted by molar-refractivity contribution is -0.126. The number of pyridine rings is 1. The smallest absolute Gasteiger partial charge is 0.230 e. The minimum absolute atomic E-state index is 0.108. The number of carbonyl (C=O) groups excluding carboxylic acids is 2. The van der Waals surface area contributed by atoms with Gasteiger partial charge in [0, 0.05) is 49.3 Å². The van der Waals surface area contributed by atoms with Crippen molar-refractivity contribution >= 4 is 34.6 Å². The van der Waals surface area contributed by atoms with E-state index in [1.807, 2.05) is 17.0 Å². The Balaban J connectivity index is 1.37. The second-order valence-corrected chi connectivity index (χ2v) is 9.44. The van der Waals surface area contributed by atoms with Crippen molar-refractivity contribution in [1.82, 2.24) is 4.98 Å². The molecule has 166 valence electrons. The summed E-state index contributed by atoms with van der Waals surface area (Å²) < 4.78 is 6.02. The Bertz CT molecular complexity index is 1050. The summed E-state index contributed by atoms with van der Waals surface area (Å²) >= 11 is 0. The molecule has 4 heterocycles. The molecule has 2 aromatic rings. The summed E-state index contributed by atoms with van der Waals surface area (Å²) in [4.78, 5) is 34.3. The molecule has 7 heteroatoms. The molecule has 2 saturated heterocycles. The summed E-state index contributed by atoms with van der Waals surface area (Å²) in [5.41, 5.74) is 3.90. The van der Waals surface area contributed by atoms with Crippen LogP contribution in [-0.2, 0) is 20.9 Å². The van der Waals surface area contributed by atoms with Crippen molar-refractivity contribution in [2.45, 2.75) is 57.3 Å². The van der Waals surface area contributed by atoms with Crippen LogP contribution in [0.15, 0.2) is 36.5 Å². The fourth-order valence-corrected chi connectivity index (χ4v) is 5.54. The lowest BCUT2D eigenvalue weighted by atomic mass is 9.87. The number of anilines is 4. The Morgan fingerprint density at radius 2 is 1.84 bits per heavy atom. The van der Waals surface area contributed by atoms with Gasteiger partial charge in [-0.15, -0.1) is 0 Å². The molecule has 1 saturated carbocycles.